The number of piperazine rings is 1. The highest BCUT2D eigenvalue weighted by Gasteiger charge is 2.25. The zero-order valence-corrected chi connectivity index (χ0v) is 12.2. The molecule has 100 valence electrons. The third-order valence-corrected chi connectivity index (χ3v) is 5.89. The second-order valence-corrected chi connectivity index (χ2v) is 7.06. The van der Waals surface area contributed by atoms with Gasteiger partial charge in [0.15, 0.2) is 0 Å². The molecule has 8 heteroatoms. The molecular weight excluding hydrogens is 312 g/mol. The van der Waals surface area contributed by atoms with Crippen LogP contribution in [0.5, 0.6) is 0 Å². The fourth-order valence-corrected chi connectivity index (χ4v) is 3.38. The maximum Gasteiger partial charge on any atom is 0.306 e. The molecule has 0 bridgehead atoms. The Morgan fingerprint density at radius 2 is 1.88 bits per heavy atom. The van der Waals surface area contributed by atoms with Crippen LogP contribution < -0.4 is 0 Å². The van der Waals surface area contributed by atoms with E-state index in [2.05, 4.69) is 25.6 Å². The Labute approximate surface area is 110 Å². The molecule has 0 amide bonds. The van der Waals surface area contributed by atoms with Crippen LogP contribution in [0.2, 0.25) is 0 Å². The summed E-state index contributed by atoms with van der Waals surface area (Å²) in [5.41, 5.74) is 0. The summed E-state index contributed by atoms with van der Waals surface area (Å²) >= 11 is 2.98. The predicted octanol–water partition coefficient (Wildman–Crippen LogP) is -0.151. The van der Waals surface area contributed by atoms with E-state index in [0.717, 1.165) is 0 Å². The molecule has 0 aromatic carbocycles. The molecule has 0 N–H and O–H groups in total. The average molecular weight is 329 g/mol. The highest BCUT2D eigenvalue weighted by atomic mass is 79.9. The molecule has 0 unspecified atom stereocenters. The molecule has 0 spiro atoms. The minimum Gasteiger partial charge on any atom is -0.469 e. The van der Waals surface area contributed by atoms with Crippen molar-refractivity contribution in [3.8, 4) is 0 Å². The third-order valence-electron chi connectivity index (χ3n) is 2.72. The average Bonchev–Trinajstić information content (AvgIpc) is 2.36. The summed E-state index contributed by atoms with van der Waals surface area (Å²) in [5, 5.41) is 0. The summed E-state index contributed by atoms with van der Waals surface area (Å²) in [6.45, 7) is 2.89. The van der Waals surface area contributed by atoms with Crippen molar-refractivity contribution in [2.45, 2.75) is 6.42 Å². The van der Waals surface area contributed by atoms with E-state index in [-0.39, 0.29) is 10.6 Å². The zero-order valence-electron chi connectivity index (χ0n) is 9.76. The number of esters is 1. The smallest absolute Gasteiger partial charge is 0.306 e. The number of methoxy groups -OCH3 is 1. The lowest BCUT2D eigenvalue weighted by atomic mass is 10.3. The standard InChI is InChI=1S/C9H17BrN2O4S/c1-16-9(13)2-3-11-4-6-12(7-5-11)17(14,15)8-10/h2-8H2,1H3. The third kappa shape index (κ3) is 4.53. The first-order valence-corrected chi connectivity index (χ1v) is 8.05. The maximum absolute atomic E-state index is 11.6. The number of nitrogens with zero attached hydrogens (tertiary/aromatic N) is 2. The molecule has 1 saturated heterocycles. The Morgan fingerprint density at radius 1 is 1.29 bits per heavy atom. The van der Waals surface area contributed by atoms with Crippen LogP contribution in [0.1, 0.15) is 6.42 Å². The van der Waals surface area contributed by atoms with Gasteiger partial charge in [0, 0.05) is 32.7 Å². The number of carbonyl (C=O) groups excluding carboxylic acids is 1. The predicted molar refractivity (Wildman–Crippen MR) is 67.4 cm³/mol. The molecular formula is C9H17BrN2O4S. The van der Waals surface area contributed by atoms with Crippen molar-refractivity contribution >= 4 is 31.9 Å². The van der Waals surface area contributed by atoms with E-state index < -0.39 is 10.0 Å². The van der Waals surface area contributed by atoms with Crippen LogP contribution in [0.4, 0.5) is 0 Å². The lowest BCUT2D eigenvalue weighted by molar-refractivity contribution is -0.141. The van der Waals surface area contributed by atoms with Crippen LogP contribution in [-0.2, 0) is 19.6 Å². The van der Waals surface area contributed by atoms with Gasteiger partial charge in [-0.15, -0.1) is 0 Å². The minimum absolute atomic E-state index is 0.0395. The number of alkyl halides is 1. The van der Waals surface area contributed by atoms with E-state index in [1.165, 1.54) is 11.4 Å². The molecule has 17 heavy (non-hydrogen) atoms. The molecule has 1 aliphatic rings. The van der Waals surface area contributed by atoms with Gasteiger partial charge < -0.3 is 9.64 Å². The van der Waals surface area contributed by atoms with Crippen LogP contribution in [0.15, 0.2) is 0 Å². The summed E-state index contributed by atoms with van der Waals surface area (Å²) in [6.07, 6.45) is 0.349. The normalized spacial score (nSPS) is 19.2. The molecule has 0 aliphatic carbocycles. The topological polar surface area (TPSA) is 66.9 Å². The molecule has 1 heterocycles. The lowest BCUT2D eigenvalue weighted by Crippen LogP contribution is -2.49. The summed E-state index contributed by atoms with van der Waals surface area (Å²) in [5.74, 6) is -0.236. The number of rotatable bonds is 5. The van der Waals surface area contributed by atoms with E-state index in [0.29, 0.717) is 39.1 Å². The van der Waals surface area contributed by atoms with Gasteiger partial charge in [-0.1, -0.05) is 15.9 Å². The van der Waals surface area contributed by atoms with Crippen LogP contribution >= 0.6 is 15.9 Å². The second-order valence-electron chi connectivity index (χ2n) is 3.79. The van der Waals surface area contributed by atoms with Crippen LogP contribution in [-0.4, -0.2) is 68.1 Å². The molecule has 6 nitrogen and oxygen atoms in total. The van der Waals surface area contributed by atoms with Crippen LogP contribution in [0.3, 0.4) is 0 Å². The Hall–Kier alpha value is -0.180. The monoisotopic (exact) mass is 328 g/mol. The van der Waals surface area contributed by atoms with Gasteiger partial charge >= 0.3 is 5.97 Å². The van der Waals surface area contributed by atoms with Crippen molar-refractivity contribution in [3.05, 3.63) is 0 Å². The number of sulfonamides is 1. The van der Waals surface area contributed by atoms with Gasteiger partial charge in [0.1, 0.15) is 4.66 Å². The molecule has 0 aromatic rings. The van der Waals surface area contributed by atoms with Crippen molar-refractivity contribution in [2.24, 2.45) is 0 Å². The molecule has 0 radical (unpaired) electrons. The van der Waals surface area contributed by atoms with E-state index in [4.69, 9.17) is 0 Å². The van der Waals surface area contributed by atoms with Gasteiger partial charge in [0.2, 0.25) is 10.0 Å². The Kier molecular flexibility index (Phi) is 5.84. The molecule has 1 rings (SSSR count). The first-order valence-electron chi connectivity index (χ1n) is 5.32. The SMILES string of the molecule is COC(=O)CCN1CCN(S(=O)(=O)CBr)CC1. The number of ether oxygens (including phenoxy) is 1. The van der Waals surface area contributed by atoms with Crippen molar-refractivity contribution in [1.82, 2.24) is 9.21 Å². The van der Waals surface area contributed by atoms with Crippen LogP contribution in [0, 0.1) is 0 Å². The van der Waals surface area contributed by atoms with Gasteiger partial charge in [-0.2, -0.15) is 4.31 Å². The van der Waals surface area contributed by atoms with Gasteiger partial charge in [0.05, 0.1) is 13.5 Å². The molecule has 1 aliphatic heterocycles. The highest BCUT2D eigenvalue weighted by Crippen LogP contribution is 2.10. The molecule has 0 atom stereocenters. The van der Waals surface area contributed by atoms with Crippen molar-refractivity contribution < 1.29 is 17.9 Å². The Balaban J connectivity index is 2.34. The zero-order chi connectivity index (χ0) is 12.9. The van der Waals surface area contributed by atoms with Gasteiger partial charge in [-0.3, -0.25) is 4.79 Å². The number of hydrogen-bond acceptors (Lipinski definition) is 5. The number of halogens is 1. The largest absolute Gasteiger partial charge is 0.469 e. The molecule has 1 fully saturated rings. The second kappa shape index (κ2) is 6.67. The van der Waals surface area contributed by atoms with Crippen molar-refractivity contribution in [1.29, 1.82) is 0 Å². The van der Waals surface area contributed by atoms with Gasteiger partial charge in [-0.25, -0.2) is 8.42 Å². The van der Waals surface area contributed by atoms with E-state index in [9.17, 15) is 13.2 Å². The minimum atomic E-state index is -3.15. The first kappa shape index (κ1) is 14.9. The Morgan fingerprint density at radius 3 is 2.35 bits per heavy atom. The van der Waals surface area contributed by atoms with Gasteiger partial charge in [-0.05, 0) is 0 Å². The maximum atomic E-state index is 11.6. The quantitative estimate of drug-likeness (QED) is 0.518. The fourth-order valence-electron chi connectivity index (χ4n) is 1.65. The summed E-state index contributed by atoms with van der Waals surface area (Å²) in [6, 6.07) is 0. The van der Waals surface area contributed by atoms with E-state index in [1.807, 2.05) is 0 Å². The summed E-state index contributed by atoms with van der Waals surface area (Å²) < 4.78 is 29.1. The van der Waals surface area contributed by atoms with Gasteiger partial charge in [0.25, 0.3) is 0 Å². The molecule has 0 saturated carbocycles. The van der Waals surface area contributed by atoms with E-state index >= 15 is 0 Å². The molecule has 0 aromatic heterocycles. The number of carbonyl (C=O) groups is 1. The van der Waals surface area contributed by atoms with Crippen molar-refractivity contribution in [2.75, 3.05) is 44.5 Å². The fraction of sp³-hybridized carbons (Fsp3) is 0.889. The Bertz CT molecular complexity index is 352. The lowest BCUT2D eigenvalue weighted by Gasteiger charge is -2.33. The number of hydrogen-bond donors (Lipinski definition) is 0. The first-order chi connectivity index (χ1) is 7.99. The van der Waals surface area contributed by atoms with E-state index in [1.54, 1.807) is 0 Å². The summed E-state index contributed by atoms with van der Waals surface area (Å²) in [7, 11) is -1.78. The highest BCUT2D eigenvalue weighted by molar-refractivity contribution is 9.10. The summed E-state index contributed by atoms with van der Waals surface area (Å²) in [4.78, 5) is 13.0. The van der Waals surface area contributed by atoms with Crippen molar-refractivity contribution in [3.63, 3.8) is 0 Å². The van der Waals surface area contributed by atoms with Crippen LogP contribution in [0.25, 0.3) is 0 Å².